The highest BCUT2D eigenvalue weighted by molar-refractivity contribution is 7.09. The second-order valence-electron chi connectivity index (χ2n) is 7.52. The maximum Gasteiger partial charge on any atom is 0.321 e. The summed E-state index contributed by atoms with van der Waals surface area (Å²) in [6.45, 7) is 6.86. The minimum Gasteiger partial charge on any atom is -0.343 e. The second-order valence-corrected chi connectivity index (χ2v) is 8.69. The molecule has 6 nitrogen and oxygen atoms in total. The average molecular weight is 442 g/mol. The van der Waals surface area contributed by atoms with Crippen molar-refractivity contribution in [2.45, 2.75) is 20.3 Å². The number of hydrogen-bond donors (Lipinski definition) is 1. The third-order valence-corrected chi connectivity index (χ3v) is 6.26. The lowest BCUT2D eigenvalue weighted by Crippen LogP contribution is -2.50. The van der Waals surface area contributed by atoms with E-state index in [1.54, 1.807) is 0 Å². The molecule has 0 atom stereocenters. The van der Waals surface area contributed by atoms with E-state index in [9.17, 15) is 4.79 Å². The van der Waals surface area contributed by atoms with Crippen LogP contribution < -0.4 is 10.2 Å². The number of nitrogens with one attached hydrogen (secondary N) is 1. The van der Waals surface area contributed by atoms with Crippen molar-refractivity contribution in [2.24, 2.45) is 0 Å². The van der Waals surface area contributed by atoms with Crippen LogP contribution in [-0.4, -0.2) is 46.5 Å². The number of nitrogens with zero attached hydrogens (tertiary/aromatic N) is 4. The molecule has 1 saturated heterocycles. The second kappa shape index (κ2) is 9.02. The van der Waals surface area contributed by atoms with Gasteiger partial charge >= 0.3 is 6.03 Å². The highest BCUT2D eigenvalue weighted by atomic mass is 35.5. The van der Waals surface area contributed by atoms with Crippen LogP contribution in [0.25, 0.3) is 0 Å². The Morgan fingerprint density at radius 2 is 1.83 bits per heavy atom. The summed E-state index contributed by atoms with van der Waals surface area (Å²) in [4.78, 5) is 21.4. The number of piperazine rings is 1. The van der Waals surface area contributed by atoms with Crippen molar-refractivity contribution in [1.82, 2.24) is 14.3 Å². The molecule has 8 heteroatoms. The van der Waals surface area contributed by atoms with E-state index in [4.69, 9.17) is 16.6 Å². The molecule has 30 heavy (non-hydrogen) atoms. The van der Waals surface area contributed by atoms with Crippen LogP contribution in [0.15, 0.2) is 42.5 Å². The molecule has 0 unspecified atom stereocenters. The molecule has 2 heterocycles. The van der Waals surface area contributed by atoms with Gasteiger partial charge in [-0.1, -0.05) is 41.4 Å². The van der Waals surface area contributed by atoms with Crippen LogP contribution in [0.3, 0.4) is 0 Å². The van der Waals surface area contributed by atoms with Crippen LogP contribution in [0.1, 0.15) is 22.5 Å². The molecule has 0 bridgehead atoms. The molecule has 3 aromatic rings. The summed E-state index contributed by atoms with van der Waals surface area (Å²) in [7, 11) is 0. The topological polar surface area (TPSA) is 61.4 Å². The van der Waals surface area contributed by atoms with E-state index in [2.05, 4.69) is 20.7 Å². The van der Waals surface area contributed by atoms with Crippen molar-refractivity contribution in [2.75, 3.05) is 36.4 Å². The molecule has 0 saturated carbocycles. The number of anilines is 2. The molecule has 0 radical (unpaired) electrons. The van der Waals surface area contributed by atoms with Gasteiger partial charge in [-0.25, -0.2) is 9.78 Å². The van der Waals surface area contributed by atoms with Gasteiger partial charge in [-0.15, -0.1) is 0 Å². The van der Waals surface area contributed by atoms with Crippen molar-refractivity contribution in [3.8, 4) is 0 Å². The van der Waals surface area contributed by atoms with Gasteiger partial charge in [0.1, 0.15) is 5.82 Å². The molecule has 1 aliphatic heterocycles. The maximum absolute atomic E-state index is 12.6. The van der Waals surface area contributed by atoms with Gasteiger partial charge in [0.2, 0.25) is 5.13 Å². The third-order valence-electron chi connectivity index (χ3n) is 5.19. The van der Waals surface area contributed by atoms with Crippen molar-refractivity contribution in [3.05, 3.63) is 70.0 Å². The van der Waals surface area contributed by atoms with Crippen molar-refractivity contribution < 1.29 is 4.79 Å². The Bertz CT molecular complexity index is 1030. The zero-order chi connectivity index (χ0) is 21.1. The number of hydrogen-bond acceptors (Lipinski definition) is 5. The van der Waals surface area contributed by atoms with Crippen LogP contribution >= 0.6 is 23.1 Å². The average Bonchev–Trinajstić information content (AvgIpc) is 3.20. The summed E-state index contributed by atoms with van der Waals surface area (Å²) in [5.74, 6) is 0.812. The Kier molecular flexibility index (Phi) is 6.20. The molecule has 1 fully saturated rings. The summed E-state index contributed by atoms with van der Waals surface area (Å²) in [5.41, 5.74) is 4.26. The lowest BCUT2D eigenvalue weighted by molar-refractivity contribution is 0.208. The molecule has 156 valence electrons. The molecule has 2 aromatic carbocycles. The summed E-state index contributed by atoms with van der Waals surface area (Å²) in [6.07, 6.45) is 0.686. The fourth-order valence-corrected chi connectivity index (χ4v) is 4.34. The fraction of sp³-hybridized carbons (Fsp3) is 0.318. The summed E-state index contributed by atoms with van der Waals surface area (Å²) < 4.78 is 4.50. The van der Waals surface area contributed by atoms with Gasteiger partial charge in [-0.2, -0.15) is 4.37 Å². The highest BCUT2D eigenvalue weighted by Gasteiger charge is 2.23. The number of halogens is 1. The SMILES string of the molecule is Cc1ccc(NC(=O)N2CCN(c3nc(Cc4ccc(Cl)cc4)ns3)CC2)c(C)c1. The quantitative estimate of drug-likeness (QED) is 0.634. The van der Waals surface area contributed by atoms with Gasteiger partial charge in [-0.05, 0) is 43.2 Å². The molecule has 1 N–H and O–H groups in total. The first-order valence-electron chi connectivity index (χ1n) is 9.93. The number of carbonyl (C=O) groups is 1. The van der Waals surface area contributed by atoms with Crippen LogP contribution in [0.5, 0.6) is 0 Å². The molecule has 1 aliphatic rings. The molecule has 1 aromatic heterocycles. The largest absolute Gasteiger partial charge is 0.343 e. The number of rotatable bonds is 4. The molecule has 2 amide bonds. The number of carbonyl (C=O) groups excluding carboxylic acids is 1. The normalized spacial score (nSPS) is 14.1. The van der Waals surface area contributed by atoms with E-state index >= 15 is 0 Å². The van der Waals surface area contributed by atoms with E-state index < -0.39 is 0 Å². The predicted octanol–water partition coefficient (Wildman–Crippen LogP) is 4.75. The predicted molar refractivity (Wildman–Crippen MR) is 123 cm³/mol. The Morgan fingerprint density at radius 3 is 2.53 bits per heavy atom. The zero-order valence-electron chi connectivity index (χ0n) is 17.1. The Labute approximate surface area is 185 Å². The number of aromatic nitrogens is 2. The first-order chi connectivity index (χ1) is 14.5. The van der Waals surface area contributed by atoms with Gasteiger partial charge < -0.3 is 15.1 Å². The van der Waals surface area contributed by atoms with Gasteiger partial charge in [0.25, 0.3) is 0 Å². The third kappa shape index (κ3) is 4.91. The van der Waals surface area contributed by atoms with Crippen molar-refractivity contribution in [3.63, 3.8) is 0 Å². The van der Waals surface area contributed by atoms with Crippen LogP contribution in [-0.2, 0) is 6.42 Å². The lowest BCUT2D eigenvalue weighted by atomic mass is 10.1. The molecule has 0 aliphatic carbocycles. The first-order valence-corrected chi connectivity index (χ1v) is 11.1. The van der Waals surface area contributed by atoms with Crippen molar-refractivity contribution >= 4 is 40.0 Å². The van der Waals surface area contributed by atoms with Crippen LogP contribution in [0.4, 0.5) is 15.6 Å². The van der Waals surface area contributed by atoms with Crippen LogP contribution in [0.2, 0.25) is 5.02 Å². The summed E-state index contributed by atoms with van der Waals surface area (Å²) in [5, 5.41) is 4.67. The van der Waals surface area contributed by atoms with E-state index in [0.29, 0.717) is 19.5 Å². The minimum absolute atomic E-state index is 0.0534. The number of benzene rings is 2. The van der Waals surface area contributed by atoms with E-state index in [1.807, 2.05) is 55.1 Å². The smallest absolute Gasteiger partial charge is 0.321 e. The number of amides is 2. The molecular weight excluding hydrogens is 418 g/mol. The minimum atomic E-state index is -0.0534. The van der Waals surface area contributed by atoms with Crippen LogP contribution in [0, 0.1) is 13.8 Å². The highest BCUT2D eigenvalue weighted by Crippen LogP contribution is 2.22. The maximum atomic E-state index is 12.6. The van der Waals surface area contributed by atoms with Gasteiger partial charge in [0.05, 0.1) is 0 Å². The van der Waals surface area contributed by atoms with E-state index in [-0.39, 0.29) is 6.03 Å². The Morgan fingerprint density at radius 1 is 1.10 bits per heavy atom. The molecule has 4 rings (SSSR count). The summed E-state index contributed by atoms with van der Waals surface area (Å²) >= 11 is 7.36. The number of aryl methyl sites for hydroxylation is 2. The Balaban J connectivity index is 1.31. The van der Waals surface area contributed by atoms with Gasteiger partial charge in [0, 0.05) is 54.8 Å². The number of urea groups is 1. The van der Waals surface area contributed by atoms with E-state index in [1.165, 1.54) is 17.1 Å². The zero-order valence-corrected chi connectivity index (χ0v) is 18.6. The first kappa shape index (κ1) is 20.6. The standard InChI is InChI=1S/C22H24ClN5OS/c1-15-3-8-19(16(2)13-15)24-21(29)27-9-11-28(12-10-27)22-25-20(26-30-22)14-17-4-6-18(23)7-5-17/h3-8,13H,9-12,14H2,1-2H3,(H,24,29). The fourth-order valence-electron chi connectivity index (χ4n) is 3.48. The Hall–Kier alpha value is -2.64. The van der Waals surface area contributed by atoms with Gasteiger partial charge in [0.15, 0.2) is 0 Å². The lowest BCUT2D eigenvalue weighted by Gasteiger charge is -2.34. The van der Waals surface area contributed by atoms with E-state index in [0.717, 1.165) is 45.9 Å². The monoisotopic (exact) mass is 441 g/mol. The van der Waals surface area contributed by atoms with Gasteiger partial charge in [-0.3, -0.25) is 0 Å². The summed E-state index contributed by atoms with van der Waals surface area (Å²) in [6, 6.07) is 13.7. The molecular formula is C22H24ClN5OS. The molecule has 0 spiro atoms. The van der Waals surface area contributed by atoms with Crippen molar-refractivity contribution in [1.29, 1.82) is 0 Å².